The molecule has 1 aliphatic rings. The van der Waals surface area contributed by atoms with Gasteiger partial charge in [0.25, 0.3) is 5.91 Å². The number of hydrogen-bond donors (Lipinski definition) is 2. The molecule has 4 aromatic rings. The third-order valence-corrected chi connectivity index (χ3v) is 7.18. The number of aryl methyl sites for hydroxylation is 2. The largest absolute Gasteiger partial charge is 0.357 e. The Kier molecular flexibility index (Phi) is 5.73. The van der Waals surface area contributed by atoms with E-state index < -0.39 is 0 Å². The number of carbonyl (C=O) groups excluding carboxylic acids is 1. The maximum atomic E-state index is 12.7. The molecule has 5 rings (SSSR count). The van der Waals surface area contributed by atoms with E-state index in [1.165, 1.54) is 28.1 Å². The number of hydrogen-bond acceptors (Lipinski definition) is 3. The number of rotatable bonds is 5. The van der Waals surface area contributed by atoms with Crippen molar-refractivity contribution in [2.75, 3.05) is 5.32 Å². The molecule has 2 N–H and O–H groups in total. The Hall–Kier alpha value is -3.44. The minimum atomic E-state index is -0.183. The first kappa shape index (κ1) is 21.4. The number of amides is 1. The number of nitrogens with zero attached hydrogens (tertiary/aromatic N) is 1. The van der Waals surface area contributed by atoms with Crippen molar-refractivity contribution in [2.24, 2.45) is 0 Å². The summed E-state index contributed by atoms with van der Waals surface area (Å²) < 4.78 is 2.28. The lowest BCUT2D eigenvalue weighted by molar-refractivity contribution is -0.116. The highest BCUT2D eigenvalue weighted by atomic mass is 32.2. The maximum absolute atomic E-state index is 12.7. The first-order valence-corrected chi connectivity index (χ1v) is 12.1. The minimum absolute atomic E-state index is 0.0438. The molecule has 0 unspecified atom stereocenters. The summed E-state index contributed by atoms with van der Waals surface area (Å²) in [5.41, 5.74) is 6.60. The van der Waals surface area contributed by atoms with Gasteiger partial charge in [0, 0.05) is 22.5 Å². The number of carbonyl (C=O) groups is 1. The molecule has 5 heteroatoms. The first-order valence-electron chi connectivity index (χ1n) is 11.3. The molecular weight excluding hydrogens is 426 g/mol. The topological polar surface area (TPSA) is 46.1 Å². The summed E-state index contributed by atoms with van der Waals surface area (Å²) in [5, 5.41) is 8.87. The molecule has 0 aliphatic carbocycles. The van der Waals surface area contributed by atoms with Crippen LogP contribution < -0.4 is 10.6 Å². The van der Waals surface area contributed by atoms with E-state index in [0.717, 1.165) is 39.7 Å². The highest BCUT2D eigenvalue weighted by Crippen LogP contribution is 2.33. The van der Waals surface area contributed by atoms with Crippen molar-refractivity contribution < 1.29 is 4.79 Å². The average molecular weight is 454 g/mol. The summed E-state index contributed by atoms with van der Waals surface area (Å²) in [7, 11) is 0. The number of nitrogens with one attached hydrogen (secondary N) is 2. The van der Waals surface area contributed by atoms with Gasteiger partial charge < -0.3 is 15.2 Å². The standard InChI is InChI=1S/C28H27N3OS/c1-4-20-12-14-23(15-13-20)29-28-30-27(32)26(33-28)17-22-16-18(2)31(19(22)3)25-11-7-9-21-8-5-6-10-24(21)25/h5-17,28-29H,4H2,1-3H3,(H,30,32)/b26-17-/t28-/m1/s1. The summed E-state index contributed by atoms with van der Waals surface area (Å²) in [6.07, 6.45) is 3.02. The van der Waals surface area contributed by atoms with Gasteiger partial charge in [-0.25, -0.2) is 0 Å². The van der Waals surface area contributed by atoms with Crippen LogP contribution in [0.1, 0.15) is 29.4 Å². The zero-order valence-corrected chi connectivity index (χ0v) is 19.9. The van der Waals surface area contributed by atoms with E-state index >= 15 is 0 Å². The van der Waals surface area contributed by atoms with Crippen LogP contribution in [0.4, 0.5) is 5.69 Å². The minimum Gasteiger partial charge on any atom is -0.357 e. The molecular formula is C28H27N3OS. The summed E-state index contributed by atoms with van der Waals surface area (Å²) >= 11 is 1.52. The molecule has 166 valence electrons. The summed E-state index contributed by atoms with van der Waals surface area (Å²) in [6, 6.07) is 25.3. The molecule has 1 fully saturated rings. The van der Waals surface area contributed by atoms with Crippen LogP contribution in [0.25, 0.3) is 22.5 Å². The van der Waals surface area contributed by atoms with Gasteiger partial charge in [-0.1, -0.05) is 67.2 Å². The second-order valence-electron chi connectivity index (χ2n) is 8.33. The Morgan fingerprint density at radius 3 is 2.58 bits per heavy atom. The van der Waals surface area contributed by atoms with Crippen molar-refractivity contribution in [2.45, 2.75) is 32.7 Å². The smallest absolute Gasteiger partial charge is 0.260 e. The normalized spacial score (nSPS) is 17.0. The van der Waals surface area contributed by atoms with E-state index in [9.17, 15) is 4.79 Å². The number of aromatic nitrogens is 1. The molecule has 2 heterocycles. The molecule has 1 amide bonds. The van der Waals surface area contributed by atoms with Crippen LogP contribution in [0.5, 0.6) is 0 Å². The fourth-order valence-corrected chi connectivity index (χ4v) is 5.38. The van der Waals surface area contributed by atoms with Crippen LogP contribution in [0.2, 0.25) is 0 Å². The van der Waals surface area contributed by atoms with Crippen molar-refractivity contribution in [3.63, 3.8) is 0 Å². The van der Waals surface area contributed by atoms with Gasteiger partial charge in [0.1, 0.15) is 0 Å². The van der Waals surface area contributed by atoms with Crippen LogP contribution in [0.15, 0.2) is 77.7 Å². The number of fused-ring (bicyclic) bond motifs is 1. The average Bonchev–Trinajstić information content (AvgIpc) is 3.31. The molecule has 0 saturated carbocycles. The summed E-state index contributed by atoms with van der Waals surface area (Å²) in [5.74, 6) is -0.0438. The lowest BCUT2D eigenvalue weighted by Crippen LogP contribution is -2.30. The van der Waals surface area contributed by atoms with Crippen molar-refractivity contribution >= 4 is 40.2 Å². The fraction of sp³-hybridized carbons (Fsp3) is 0.179. The van der Waals surface area contributed by atoms with Gasteiger partial charge in [0.05, 0.1) is 10.6 Å². The third kappa shape index (κ3) is 4.16. The fourth-order valence-electron chi connectivity index (χ4n) is 4.40. The number of benzene rings is 3. The Morgan fingerprint density at radius 1 is 1.03 bits per heavy atom. The molecule has 1 aromatic heterocycles. The van der Waals surface area contributed by atoms with E-state index in [1.54, 1.807) is 0 Å². The zero-order valence-electron chi connectivity index (χ0n) is 19.1. The van der Waals surface area contributed by atoms with Gasteiger partial charge in [0.15, 0.2) is 5.50 Å². The molecule has 0 radical (unpaired) electrons. The Morgan fingerprint density at radius 2 is 1.79 bits per heavy atom. The van der Waals surface area contributed by atoms with Gasteiger partial charge in [-0.15, -0.1) is 0 Å². The van der Waals surface area contributed by atoms with E-state index in [0.29, 0.717) is 0 Å². The molecule has 1 saturated heterocycles. The van der Waals surface area contributed by atoms with Crippen LogP contribution >= 0.6 is 11.8 Å². The third-order valence-electron chi connectivity index (χ3n) is 6.16. The van der Waals surface area contributed by atoms with Crippen LogP contribution in [-0.4, -0.2) is 16.0 Å². The highest BCUT2D eigenvalue weighted by molar-refractivity contribution is 8.05. The zero-order chi connectivity index (χ0) is 22.9. The van der Waals surface area contributed by atoms with E-state index in [2.05, 4.69) is 109 Å². The monoisotopic (exact) mass is 453 g/mol. The van der Waals surface area contributed by atoms with Crippen LogP contribution in [0, 0.1) is 13.8 Å². The molecule has 4 nitrogen and oxygen atoms in total. The Labute approximate surface area is 198 Å². The van der Waals surface area contributed by atoms with Crippen LogP contribution in [0.3, 0.4) is 0 Å². The molecule has 1 aliphatic heterocycles. The quantitative estimate of drug-likeness (QED) is 0.343. The molecule has 33 heavy (non-hydrogen) atoms. The first-order chi connectivity index (χ1) is 16.0. The molecule has 1 atom stereocenters. The predicted molar refractivity (Wildman–Crippen MR) is 140 cm³/mol. The molecule has 0 bridgehead atoms. The lowest BCUT2D eigenvalue weighted by Gasteiger charge is -2.13. The van der Waals surface area contributed by atoms with Gasteiger partial charge in [0.2, 0.25) is 0 Å². The molecule has 0 spiro atoms. The van der Waals surface area contributed by atoms with E-state index in [-0.39, 0.29) is 11.4 Å². The van der Waals surface area contributed by atoms with Crippen molar-refractivity contribution in [1.29, 1.82) is 0 Å². The number of thioether (sulfide) groups is 1. The van der Waals surface area contributed by atoms with Gasteiger partial charge >= 0.3 is 0 Å². The van der Waals surface area contributed by atoms with E-state index in [1.807, 2.05) is 6.08 Å². The van der Waals surface area contributed by atoms with Crippen molar-refractivity contribution in [3.05, 3.63) is 100 Å². The predicted octanol–water partition coefficient (Wildman–Crippen LogP) is 6.41. The van der Waals surface area contributed by atoms with Crippen molar-refractivity contribution in [1.82, 2.24) is 9.88 Å². The molecule has 3 aromatic carbocycles. The maximum Gasteiger partial charge on any atom is 0.260 e. The Bertz CT molecular complexity index is 1360. The van der Waals surface area contributed by atoms with Crippen LogP contribution in [-0.2, 0) is 11.2 Å². The van der Waals surface area contributed by atoms with Gasteiger partial charge in [-0.05, 0) is 67.1 Å². The lowest BCUT2D eigenvalue weighted by atomic mass is 10.1. The van der Waals surface area contributed by atoms with Crippen molar-refractivity contribution in [3.8, 4) is 5.69 Å². The van der Waals surface area contributed by atoms with Gasteiger partial charge in [-0.2, -0.15) is 0 Å². The summed E-state index contributed by atoms with van der Waals surface area (Å²) in [6.45, 7) is 6.37. The number of anilines is 1. The van der Waals surface area contributed by atoms with Gasteiger partial charge in [-0.3, -0.25) is 4.79 Å². The Balaban J connectivity index is 1.42. The highest BCUT2D eigenvalue weighted by Gasteiger charge is 2.27. The SMILES string of the molecule is CCc1ccc(N[C@@H]2NC(=O)/C(=C/c3cc(C)n(-c4cccc5ccccc45)c3C)S2)cc1. The van der Waals surface area contributed by atoms with E-state index in [4.69, 9.17) is 0 Å². The summed E-state index contributed by atoms with van der Waals surface area (Å²) in [4.78, 5) is 13.4. The second kappa shape index (κ2) is 8.83. The second-order valence-corrected chi connectivity index (χ2v) is 9.48.